The molecule has 0 fully saturated rings. The maximum Gasteiger partial charge on any atom is 0.0458 e. The van der Waals surface area contributed by atoms with E-state index in [1.165, 1.54) is 77.8 Å². The van der Waals surface area contributed by atoms with Gasteiger partial charge in [-0.3, -0.25) is 0 Å². The highest BCUT2D eigenvalue weighted by atomic mass is 15.1. The molecule has 0 aliphatic heterocycles. The average molecular weight is 720 g/mol. The lowest BCUT2D eigenvalue weighted by molar-refractivity contribution is 0.395. The van der Waals surface area contributed by atoms with Crippen LogP contribution in [0.1, 0.15) is 49.3 Å². The van der Waals surface area contributed by atoms with Crippen LogP contribution in [0.5, 0.6) is 0 Å². The van der Waals surface area contributed by atoms with Crippen LogP contribution in [0.25, 0.3) is 49.7 Å². The second-order valence-corrected chi connectivity index (χ2v) is 16.1. The molecule has 10 rings (SSSR count). The topological polar surface area (TPSA) is 3.24 Å². The molecule has 3 aliphatic carbocycles. The first-order valence-corrected chi connectivity index (χ1v) is 20.1. The molecule has 0 spiro atoms. The molecule has 1 heteroatoms. The van der Waals surface area contributed by atoms with E-state index in [1.54, 1.807) is 0 Å². The summed E-state index contributed by atoms with van der Waals surface area (Å²) >= 11 is 0. The van der Waals surface area contributed by atoms with Gasteiger partial charge in [0.15, 0.2) is 0 Å². The van der Waals surface area contributed by atoms with Gasteiger partial charge in [-0.05, 0) is 127 Å². The number of nitrogens with zero attached hydrogens (tertiary/aromatic N) is 1. The highest BCUT2D eigenvalue weighted by Gasteiger charge is 2.45. The highest BCUT2D eigenvalue weighted by Crippen LogP contribution is 2.55. The SMILES string of the molecule is CC1(C)c2c(-c3cccc(C4=CC=C(N(c5ccc(-c6ccccc6)cc5)c5ccc(-c6cccc7ccccc67)cc5)CC4)c3)cccc2C2C=CC=CC21. The van der Waals surface area contributed by atoms with Crippen LogP contribution in [0.3, 0.4) is 0 Å². The molecule has 1 nitrogen and oxygen atoms in total. The zero-order valence-corrected chi connectivity index (χ0v) is 32.1. The molecule has 2 atom stereocenters. The van der Waals surface area contributed by atoms with Crippen LogP contribution in [0.15, 0.2) is 206 Å². The van der Waals surface area contributed by atoms with Gasteiger partial charge in [-0.1, -0.05) is 178 Å². The Morgan fingerprint density at radius 3 is 1.91 bits per heavy atom. The number of hydrogen-bond acceptors (Lipinski definition) is 1. The summed E-state index contributed by atoms with van der Waals surface area (Å²) in [6.07, 6.45) is 15.9. The van der Waals surface area contributed by atoms with Crippen LogP contribution in [0, 0.1) is 5.92 Å². The van der Waals surface area contributed by atoms with Gasteiger partial charge >= 0.3 is 0 Å². The van der Waals surface area contributed by atoms with Gasteiger partial charge < -0.3 is 4.90 Å². The first-order valence-electron chi connectivity index (χ1n) is 20.1. The Kier molecular flexibility index (Phi) is 8.52. The molecule has 0 saturated carbocycles. The molecular weight excluding hydrogens is 675 g/mol. The molecule has 56 heavy (non-hydrogen) atoms. The van der Waals surface area contributed by atoms with Crippen molar-refractivity contribution in [2.45, 2.75) is 38.0 Å². The van der Waals surface area contributed by atoms with Crippen molar-refractivity contribution in [2.24, 2.45) is 5.92 Å². The molecule has 2 unspecified atom stereocenters. The Morgan fingerprint density at radius 2 is 1.12 bits per heavy atom. The van der Waals surface area contributed by atoms with Crippen molar-refractivity contribution in [3.63, 3.8) is 0 Å². The molecule has 7 aromatic carbocycles. The number of hydrogen-bond donors (Lipinski definition) is 0. The molecule has 270 valence electrons. The third-order valence-corrected chi connectivity index (χ3v) is 12.5. The summed E-state index contributed by atoms with van der Waals surface area (Å²) in [5.74, 6) is 0.938. The minimum absolute atomic E-state index is 0.0610. The Hall–Kier alpha value is -6.44. The third-order valence-electron chi connectivity index (χ3n) is 12.5. The van der Waals surface area contributed by atoms with Crippen molar-refractivity contribution in [3.05, 3.63) is 223 Å². The summed E-state index contributed by atoms with van der Waals surface area (Å²) in [5.41, 5.74) is 17.0. The first kappa shape index (κ1) is 34.1. The predicted octanol–water partition coefficient (Wildman–Crippen LogP) is 14.9. The molecule has 7 aromatic rings. The molecule has 0 N–H and O–H groups in total. The molecule has 0 saturated heterocycles. The van der Waals surface area contributed by atoms with E-state index < -0.39 is 0 Å². The molecule has 3 aliphatic rings. The van der Waals surface area contributed by atoms with Crippen molar-refractivity contribution in [1.29, 1.82) is 0 Å². The quantitative estimate of drug-likeness (QED) is 0.159. The lowest BCUT2D eigenvalue weighted by Gasteiger charge is -2.31. The molecule has 0 aromatic heterocycles. The van der Waals surface area contributed by atoms with Gasteiger partial charge in [0, 0.05) is 23.0 Å². The third kappa shape index (κ3) is 5.96. The van der Waals surface area contributed by atoms with Gasteiger partial charge in [-0.25, -0.2) is 0 Å². The van der Waals surface area contributed by atoms with E-state index >= 15 is 0 Å². The van der Waals surface area contributed by atoms with E-state index in [2.05, 4.69) is 219 Å². The summed E-state index contributed by atoms with van der Waals surface area (Å²) < 4.78 is 0. The fourth-order valence-electron chi connectivity index (χ4n) is 9.69. The number of allylic oxidation sites excluding steroid dienone is 8. The molecule has 0 heterocycles. The Labute approximate surface area is 331 Å². The summed E-state index contributed by atoms with van der Waals surface area (Å²) in [4.78, 5) is 2.45. The minimum Gasteiger partial charge on any atom is -0.314 e. The Balaban J connectivity index is 1.00. The lowest BCUT2D eigenvalue weighted by Crippen LogP contribution is -2.25. The molecule has 0 amide bonds. The van der Waals surface area contributed by atoms with Crippen molar-refractivity contribution < 1.29 is 0 Å². The largest absolute Gasteiger partial charge is 0.314 e. The summed E-state index contributed by atoms with van der Waals surface area (Å²) in [7, 11) is 0. The highest BCUT2D eigenvalue weighted by molar-refractivity contribution is 5.97. The molecule has 0 radical (unpaired) electrons. The molecule has 0 bridgehead atoms. The monoisotopic (exact) mass is 719 g/mol. The van der Waals surface area contributed by atoms with Crippen molar-refractivity contribution in [2.75, 3.05) is 4.90 Å². The second kappa shape index (κ2) is 14.0. The second-order valence-electron chi connectivity index (χ2n) is 16.1. The van der Waals surface area contributed by atoms with Crippen LogP contribution in [-0.4, -0.2) is 0 Å². The van der Waals surface area contributed by atoms with Gasteiger partial charge in [0.25, 0.3) is 0 Å². The van der Waals surface area contributed by atoms with E-state index in [0.29, 0.717) is 11.8 Å². The lowest BCUT2D eigenvalue weighted by atomic mass is 9.73. The van der Waals surface area contributed by atoms with Crippen molar-refractivity contribution in [1.82, 2.24) is 0 Å². The standard InChI is InChI=1S/C55H45N/c1-55(2)53-24-9-8-20-51(53)52-23-12-22-50(54(52)55)44-18-10-17-43(37-44)40-27-33-46(34-28-40)56(45-31-25-39(26-32-45)38-13-4-3-5-14-38)47-35-29-42(30-36-47)49-21-11-16-41-15-6-7-19-48(41)49/h3-27,29-33,35-37,51,53H,28,34H2,1-2H3. The van der Waals surface area contributed by atoms with Crippen LogP contribution in [0.2, 0.25) is 0 Å². The number of rotatable bonds is 7. The number of anilines is 2. The zero-order chi connectivity index (χ0) is 37.6. The van der Waals surface area contributed by atoms with Gasteiger partial charge in [0.05, 0.1) is 0 Å². The Morgan fingerprint density at radius 1 is 0.500 bits per heavy atom. The van der Waals surface area contributed by atoms with Crippen LogP contribution >= 0.6 is 0 Å². The van der Waals surface area contributed by atoms with Crippen LogP contribution in [-0.2, 0) is 5.41 Å². The van der Waals surface area contributed by atoms with Crippen molar-refractivity contribution >= 4 is 27.7 Å². The first-order chi connectivity index (χ1) is 27.5. The molecular formula is C55H45N. The van der Waals surface area contributed by atoms with E-state index in [-0.39, 0.29) is 5.41 Å². The van der Waals surface area contributed by atoms with E-state index in [0.717, 1.165) is 18.5 Å². The Bertz CT molecular complexity index is 2700. The van der Waals surface area contributed by atoms with Gasteiger partial charge in [0.2, 0.25) is 0 Å². The van der Waals surface area contributed by atoms with Gasteiger partial charge in [-0.15, -0.1) is 0 Å². The van der Waals surface area contributed by atoms with E-state index in [9.17, 15) is 0 Å². The average Bonchev–Trinajstić information content (AvgIpc) is 3.50. The van der Waals surface area contributed by atoms with Crippen molar-refractivity contribution in [3.8, 4) is 33.4 Å². The van der Waals surface area contributed by atoms with Crippen LogP contribution < -0.4 is 4.90 Å². The zero-order valence-electron chi connectivity index (χ0n) is 32.1. The fourth-order valence-corrected chi connectivity index (χ4v) is 9.69. The summed E-state index contributed by atoms with van der Waals surface area (Å²) in [6, 6.07) is 60.3. The van der Waals surface area contributed by atoms with E-state index in [1.807, 2.05) is 0 Å². The number of benzene rings is 7. The summed E-state index contributed by atoms with van der Waals surface area (Å²) in [6.45, 7) is 4.86. The minimum atomic E-state index is 0.0610. The summed E-state index contributed by atoms with van der Waals surface area (Å²) in [5, 5.41) is 2.54. The van der Waals surface area contributed by atoms with E-state index in [4.69, 9.17) is 0 Å². The van der Waals surface area contributed by atoms with Gasteiger partial charge in [-0.2, -0.15) is 0 Å². The van der Waals surface area contributed by atoms with Crippen LogP contribution in [0.4, 0.5) is 11.4 Å². The van der Waals surface area contributed by atoms with Gasteiger partial charge in [0.1, 0.15) is 0 Å². The fraction of sp³-hybridized carbons (Fsp3) is 0.127. The maximum absolute atomic E-state index is 2.45. The smallest absolute Gasteiger partial charge is 0.0458 e. The number of fused-ring (bicyclic) bond motifs is 4. The maximum atomic E-state index is 2.45. The normalized spacial score (nSPS) is 17.9. The predicted molar refractivity (Wildman–Crippen MR) is 238 cm³/mol.